The Hall–Kier alpha value is -4.79. The van der Waals surface area contributed by atoms with Gasteiger partial charge in [0.2, 0.25) is 5.95 Å². The Balaban J connectivity index is 1.33. The van der Waals surface area contributed by atoms with E-state index in [1.54, 1.807) is 38.1 Å². The van der Waals surface area contributed by atoms with Gasteiger partial charge in [0.25, 0.3) is 5.91 Å². The number of aromatic amines is 1. The number of esters is 1. The molecule has 0 bridgehead atoms. The Morgan fingerprint density at radius 2 is 1.80 bits per heavy atom. The van der Waals surface area contributed by atoms with E-state index in [-0.39, 0.29) is 64.7 Å². The molecular weight excluding hydrogens is 665 g/mol. The van der Waals surface area contributed by atoms with Gasteiger partial charge in [0.05, 0.1) is 47.7 Å². The number of likely N-dealkylation sites (N-methyl/N-ethyl adjacent to an activating group) is 1. The van der Waals surface area contributed by atoms with Gasteiger partial charge >= 0.3 is 12.1 Å². The standard InChI is InChI=1S/C36H43F3N8O4/c1-5-51-29(48)19-46(2)24-11-12-26(40-18-24)33(49)45-34-43-31-28(47(3)20-35(21-50-4)13-7-6-8-14-35)16-27(42-32(31)44-34)23-15-25(36(37,38)39)30(41-17-23)22-9-10-22/h11-12,15-18,22H,5-10,13-14,19-21H2,1-4H3,(H2,42,43,44,45,49). The summed E-state index contributed by atoms with van der Waals surface area (Å²) >= 11 is 0. The van der Waals surface area contributed by atoms with Crippen LogP contribution in [-0.2, 0) is 20.4 Å². The number of alkyl halides is 3. The second-order valence-corrected chi connectivity index (χ2v) is 13.6. The minimum atomic E-state index is -4.56. The van der Waals surface area contributed by atoms with Crippen LogP contribution >= 0.6 is 0 Å². The summed E-state index contributed by atoms with van der Waals surface area (Å²) in [5, 5.41) is 2.74. The number of nitrogens with one attached hydrogen (secondary N) is 2. The highest BCUT2D eigenvalue weighted by molar-refractivity contribution is 6.03. The van der Waals surface area contributed by atoms with Crippen LogP contribution in [0.3, 0.4) is 0 Å². The van der Waals surface area contributed by atoms with Crippen LogP contribution in [0.2, 0.25) is 0 Å². The summed E-state index contributed by atoms with van der Waals surface area (Å²) in [5.41, 5.74) is 1.84. The number of aromatic nitrogens is 5. The molecule has 2 N–H and O–H groups in total. The average Bonchev–Trinajstić information content (AvgIpc) is 3.87. The van der Waals surface area contributed by atoms with Crippen LogP contribution in [0.1, 0.15) is 79.5 Å². The fraction of sp³-hybridized carbons (Fsp3) is 0.500. The molecule has 0 aromatic carbocycles. The molecule has 2 fully saturated rings. The van der Waals surface area contributed by atoms with Gasteiger partial charge in [0.15, 0.2) is 5.65 Å². The van der Waals surface area contributed by atoms with Crippen LogP contribution in [0.4, 0.5) is 30.5 Å². The quantitative estimate of drug-likeness (QED) is 0.146. The van der Waals surface area contributed by atoms with Gasteiger partial charge < -0.3 is 24.3 Å². The van der Waals surface area contributed by atoms with E-state index in [1.165, 1.54) is 18.5 Å². The molecule has 51 heavy (non-hydrogen) atoms. The third-order valence-corrected chi connectivity index (χ3v) is 9.60. The molecule has 6 rings (SSSR count). The lowest BCUT2D eigenvalue weighted by atomic mass is 9.74. The number of pyridine rings is 3. The molecule has 4 aromatic rings. The zero-order valence-corrected chi connectivity index (χ0v) is 29.3. The highest BCUT2D eigenvalue weighted by atomic mass is 19.4. The molecule has 0 atom stereocenters. The fourth-order valence-electron chi connectivity index (χ4n) is 6.96. The normalized spacial score (nSPS) is 15.8. The number of anilines is 3. The summed E-state index contributed by atoms with van der Waals surface area (Å²) in [4.78, 5) is 49.8. The van der Waals surface area contributed by atoms with Crippen molar-refractivity contribution in [1.82, 2.24) is 24.9 Å². The fourth-order valence-corrected chi connectivity index (χ4v) is 6.96. The number of imidazole rings is 1. The number of nitrogens with zero attached hydrogens (tertiary/aromatic N) is 6. The Kier molecular flexibility index (Phi) is 10.5. The van der Waals surface area contributed by atoms with E-state index < -0.39 is 17.6 Å². The summed E-state index contributed by atoms with van der Waals surface area (Å²) < 4.78 is 53.3. The number of amides is 1. The molecule has 272 valence electrons. The minimum Gasteiger partial charge on any atom is -0.465 e. The van der Waals surface area contributed by atoms with Crippen LogP contribution in [-0.4, -0.2) is 84.3 Å². The monoisotopic (exact) mass is 708 g/mol. The first-order chi connectivity index (χ1) is 24.4. The third kappa shape index (κ3) is 8.24. The molecule has 4 heterocycles. The Bertz CT molecular complexity index is 1870. The largest absolute Gasteiger partial charge is 0.465 e. The number of carbonyl (C=O) groups excluding carboxylic acids is 2. The topological polar surface area (TPSA) is 138 Å². The number of ether oxygens (including phenoxy) is 2. The maximum atomic E-state index is 14.2. The number of H-pyrrole nitrogens is 1. The summed E-state index contributed by atoms with van der Waals surface area (Å²) in [6, 6.07) is 6.07. The van der Waals surface area contributed by atoms with Crippen molar-refractivity contribution in [2.24, 2.45) is 5.41 Å². The Morgan fingerprint density at radius 3 is 2.45 bits per heavy atom. The van der Waals surface area contributed by atoms with Crippen molar-refractivity contribution in [1.29, 1.82) is 0 Å². The van der Waals surface area contributed by atoms with Gasteiger partial charge in [0.1, 0.15) is 17.8 Å². The van der Waals surface area contributed by atoms with Gasteiger partial charge in [0, 0.05) is 50.8 Å². The second kappa shape index (κ2) is 14.8. The minimum absolute atomic E-state index is 0.0245. The highest BCUT2D eigenvalue weighted by Gasteiger charge is 2.40. The van der Waals surface area contributed by atoms with Crippen LogP contribution in [0.15, 0.2) is 36.7 Å². The van der Waals surface area contributed by atoms with Gasteiger partial charge in [-0.25, -0.2) is 9.97 Å². The van der Waals surface area contributed by atoms with Crippen molar-refractivity contribution in [3.8, 4) is 11.3 Å². The lowest BCUT2D eigenvalue weighted by Crippen LogP contribution is -2.40. The molecule has 0 unspecified atom stereocenters. The lowest BCUT2D eigenvalue weighted by Gasteiger charge is -2.40. The summed E-state index contributed by atoms with van der Waals surface area (Å²) in [6.07, 6.45) is 5.05. The SMILES string of the molecule is CCOC(=O)CN(C)c1ccc(C(=O)Nc2nc3nc(-c4cnc(C5CC5)c(C(F)(F)F)c4)cc(N(C)CC4(COC)CCCCC4)c3[nH]2)nc1. The molecule has 0 spiro atoms. The number of halogens is 3. The molecule has 4 aromatic heterocycles. The average molecular weight is 709 g/mol. The van der Waals surface area contributed by atoms with E-state index in [0.717, 1.165) is 38.2 Å². The van der Waals surface area contributed by atoms with E-state index in [2.05, 4.69) is 35.1 Å². The highest BCUT2D eigenvalue weighted by Crippen LogP contribution is 2.46. The number of hydrogen-bond donors (Lipinski definition) is 2. The maximum Gasteiger partial charge on any atom is 0.418 e. The van der Waals surface area contributed by atoms with Crippen LogP contribution in [0.5, 0.6) is 0 Å². The van der Waals surface area contributed by atoms with Crippen LogP contribution < -0.4 is 15.1 Å². The molecule has 0 saturated heterocycles. The third-order valence-electron chi connectivity index (χ3n) is 9.60. The zero-order chi connectivity index (χ0) is 36.3. The van der Waals surface area contributed by atoms with Crippen molar-refractivity contribution in [3.05, 3.63) is 53.6 Å². The van der Waals surface area contributed by atoms with E-state index in [9.17, 15) is 22.8 Å². The van der Waals surface area contributed by atoms with Gasteiger partial charge in [-0.2, -0.15) is 18.2 Å². The zero-order valence-electron chi connectivity index (χ0n) is 29.3. The van der Waals surface area contributed by atoms with E-state index in [0.29, 0.717) is 42.9 Å². The maximum absolute atomic E-state index is 14.2. The van der Waals surface area contributed by atoms with Crippen molar-refractivity contribution in [3.63, 3.8) is 0 Å². The van der Waals surface area contributed by atoms with Crippen LogP contribution in [0.25, 0.3) is 22.4 Å². The van der Waals surface area contributed by atoms with E-state index in [1.807, 2.05) is 7.05 Å². The van der Waals surface area contributed by atoms with Crippen molar-refractivity contribution < 1.29 is 32.2 Å². The number of fused-ring (bicyclic) bond motifs is 1. The first kappa shape index (κ1) is 36.0. The summed E-state index contributed by atoms with van der Waals surface area (Å²) in [6.45, 7) is 3.24. The van der Waals surface area contributed by atoms with Gasteiger partial charge in [-0.05, 0) is 56.9 Å². The summed E-state index contributed by atoms with van der Waals surface area (Å²) in [5.74, 6) is -1.01. The molecule has 12 nitrogen and oxygen atoms in total. The summed E-state index contributed by atoms with van der Waals surface area (Å²) in [7, 11) is 5.35. The molecule has 15 heteroatoms. The predicted molar refractivity (Wildman–Crippen MR) is 187 cm³/mol. The van der Waals surface area contributed by atoms with Crippen molar-refractivity contribution in [2.45, 2.75) is 64.0 Å². The number of hydrogen-bond acceptors (Lipinski definition) is 10. The van der Waals surface area contributed by atoms with E-state index in [4.69, 9.17) is 9.47 Å². The Morgan fingerprint density at radius 1 is 1.04 bits per heavy atom. The lowest BCUT2D eigenvalue weighted by molar-refractivity contribution is -0.141. The van der Waals surface area contributed by atoms with Crippen molar-refractivity contribution in [2.75, 3.05) is 62.6 Å². The first-order valence-electron chi connectivity index (χ1n) is 17.2. The van der Waals surface area contributed by atoms with E-state index >= 15 is 0 Å². The smallest absolute Gasteiger partial charge is 0.418 e. The Labute approximate surface area is 294 Å². The van der Waals surface area contributed by atoms with Gasteiger partial charge in [-0.3, -0.25) is 19.9 Å². The van der Waals surface area contributed by atoms with Crippen molar-refractivity contribution >= 4 is 40.4 Å². The molecule has 2 saturated carbocycles. The molecular formula is C36H43F3N8O4. The van der Waals surface area contributed by atoms with Gasteiger partial charge in [-0.15, -0.1) is 0 Å². The second-order valence-electron chi connectivity index (χ2n) is 13.6. The predicted octanol–water partition coefficient (Wildman–Crippen LogP) is 6.60. The number of carbonyl (C=O) groups is 2. The van der Waals surface area contributed by atoms with Gasteiger partial charge in [-0.1, -0.05) is 19.3 Å². The first-order valence-corrected chi connectivity index (χ1v) is 17.2. The molecule has 1 amide bonds. The molecule has 0 aliphatic heterocycles. The molecule has 2 aliphatic rings. The molecule has 0 radical (unpaired) electrons. The molecule has 2 aliphatic carbocycles. The van der Waals surface area contributed by atoms with Crippen LogP contribution in [0, 0.1) is 5.41 Å². The number of rotatable bonds is 13. The number of methoxy groups -OCH3 is 1.